The highest BCUT2D eigenvalue weighted by atomic mass is 19.1. The van der Waals surface area contributed by atoms with Gasteiger partial charge in [-0.2, -0.15) is 5.10 Å². The lowest BCUT2D eigenvalue weighted by Gasteiger charge is -2.00. The summed E-state index contributed by atoms with van der Waals surface area (Å²) >= 11 is 0. The maximum Gasteiger partial charge on any atom is 0.132 e. The zero-order valence-electron chi connectivity index (χ0n) is 6.98. The van der Waals surface area contributed by atoms with Crippen molar-refractivity contribution in [3.8, 4) is 0 Å². The van der Waals surface area contributed by atoms with Gasteiger partial charge in [0.1, 0.15) is 17.3 Å². The SMILES string of the molecule is N/N=C(/C=N/O)c1cc(F)ccc1F. The molecule has 0 fully saturated rings. The standard InChI is InChI=1S/C8H7F2N3O/c9-5-1-2-7(10)6(3-5)8(13-11)4-12-14/h1-4,14H,11H2/b12-4+,13-8-. The largest absolute Gasteiger partial charge is 0.411 e. The van der Waals surface area contributed by atoms with Crippen LogP contribution in [0.2, 0.25) is 0 Å². The number of rotatable bonds is 2. The van der Waals surface area contributed by atoms with Crippen molar-refractivity contribution in [2.75, 3.05) is 0 Å². The minimum absolute atomic E-state index is 0.149. The van der Waals surface area contributed by atoms with Crippen LogP contribution in [0.3, 0.4) is 0 Å². The Labute approximate surface area is 78.3 Å². The van der Waals surface area contributed by atoms with Crippen LogP contribution in [-0.2, 0) is 0 Å². The zero-order chi connectivity index (χ0) is 10.6. The summed E-state index contributed by atoms with van der Waals surface area (Å²) in [6.07, 6.45) is 0.817. The lowest BCUT2D eigenvalue weighted by Crippen LogP contribution is -2.08. The number of nitrogens with zero attached hydrogens (tertiary/aromatic N) is 2. The fourth-order valence-electron chi connectivity index (χ4n) is 0.921. The molecule has 0 aliphatic carbocycles. The fraction of sp³-hybridized carbons (Fsp3) is 0. The van der Waals surface area contributed by atoms with Gasteiger partial charge in [0.15, 0.2) is 0 Å². The molecule has 0 aliphatic heterocycles. The van der Waals surface area contributed by atoms with Crippen LogP contribution in [0, 0.1) is 11.6 Å². The Morgan fingerprint density at radius 3 is 2.71 bits per heavy atom. The van der Waals surface area contributed by atoms with E-state index in [1.807, 2.05) is 0 Å². The normalized spacial score (nSPS) is 12.3. The van der Waals surface area contributed by atoms with Gasteiger partial charge >= 0.3 is 0 Å². The van der Waals surface area contributed by atoms with Crippen molar-refractivity contribution in [3.63, 3.8) is 0 Å². The van der Waals surface area contributed by atoms with Gasteiger partial charge in [-0.3, -0.25) is 0 Å². The molecule has 0 heterocycles. The second kappa shape index (κ2) is 4.31. The van der Waals surface area contributed by atoms with Gasteiger partial charge < -0.3 is 11.0 Å². The first-order valence-electron chi connectivity index (χ1n) is 3.59. The van der Waals surface area contributed by atoms with Crippen LogP contribution in [-0.4, -0.2) is 17.1 Å². The van der Waals surface area contributed by atoms with Crippen LogP contribution >= 0.6 is 0 Å². The zero-order valence-corrected chi connectivity index (χ0v) is 6.98. The fourth-order valence-corrected chi connectivity index (χ4v) is 0.921. The average Bonchev–Trinajstić information content (AvgIpc) is 2.18. The molecule has 1 aromatic rings. The summed E-state index contributed by atoms with van der Waals surface area (Å²) in [6, 6.07) is 2.80. The third kappa shape index (κ3) is 2.03. The maximum absolute atomic E-state index is 13.1. The monoisotopic (exact) mass is 199 g/mol. The van der Waals surface area contributed by atoms with Crippen LogP contribution < -0.4 is 5.84 Å². The molecule has 0 spiro atoms. The molecule has 0 bridgehead atoms. The highest BCUT2D eigenvalue weighted by molar-refractivity contribution is 6.38. The van der Waals surface area contributed by atoms with Crippen molar-refractivity contribution >= 4 is 11.9 Å². The Kier molecular flexibility index (Phi) is 3.11. The smallest absolute Gasteiger partial charge is 0.132 e. The molecule has 1 aromatic carbocycles. The molecule has 0 unspecified atom stereocenters. The van der Waals surface area contributed by atoms with E-state index in [0.29, 0.717) is 0 Å². The molecule has 0 amide bonds. The van der Waals surface area contributed by atoms with Gasteiger partial charge in [0, 0.05) is 5.56 Å². The summed E-state index contributed by atoms with van der Waals surface area (Å²) in [7, 11) is 0. The Morgan fingerprint density at radius 1 is 1.43 bits per heavy atom. The van der Waals surface area contributed by atoms with Crippen LogP contribution in [0.15, 0.2) is 28.5 Å². The lowest BCUT2D eigenvalue weighted by atomic mass is 10.1. The molecule has 6 heteroatoms. The van der Waals surface area contributed by atoms with Gasteiger partial charge in [-0.15, -0.1) is 0 Å². The van der Waals surface area contributed by atoms with Gasteiger partial charge in [-0.25, -0.2) is 8.78 Å². The predicted octanol–water partition coefficient (Wildman–Crippen LogP) is 1.09. The van der Waals surface area contributed by atoms with E-state index >= 15 is 0 Å². The Morgan fingerprint density at radius 2 is 2.14 bits per heavy atom. The van der Waals surface area contributed by atoms with Gasteiger partial charge in [0.05, 0.1) is 6.21 Å². The molecule has 3 N–H and O–H groups in total. The van der Waals surface area contributed by atoms with E-state index in [4.69, 9.17) is 11.0 Å². The van der Waals surface area contributed by atoms with Gasteiger partial charge in [0.25, 0.3) is 0 Å². The summed E-state index contributed by atoms with van der Waals surface area (Å²) in [4.78, 5) is 0. The Hall–Kier alpha value is -1.98. The number of halogens is 2. The molecule has 0 atom stereocenters. The van der Waals surface area contributed by atoms with E-state index in [9.17, 15) is 8.78 Å². The molecule has 4 nitrogen and oxygen atoms in total. The van der Waals surface area contributed by atoms with E-state index in [2.05, 4.69) is 10.3 Å². The highest BCUT2D eigenvalue weighted by Crippen LogP contribution is 2.09. The van der Waals surface area contributed by atoms with Crippen molar-refractivity contribution in [2.45, 2.75) is 0 Å². The third-order valence-corrected chi connectivity index (χ3v) is 1.52. The van der Waals surface area contributed by atoms with Crippen molar-refractivity contribution in [3.05, 3.63) is 35.4 Å². The molecule has 1 rings (SSSR count). The molecule has 0 aromatic heterocycles. The van der Waals surface area contributed by atoms with Crippen molar-refractivity contribution < 1.29 is 14.0 Å². The van der Waals surface area contributed by atoms with Crippen molar-refractivity contribution in [2.24, 2.45) is 16.1 Å². The molecule has 74 valence electrons. The van der Waals surface area contributed by atoms with E-state index in [1.54, 1.807) is 0 Å². The van der Waals surface area contributed by atoms with Crippen molar-refractivity contribution in [1.29, 1.82) is 0 Å². The topological polar surface area (TPSA) is 71.0 Å². The van der Waals surface area contributed by atoms with E-state index < -0.39 is 11.6 Å². The number of nitrogens with two attached hydrogens (primary N) is 1. The first-order valence-corrected chi connectivity index (χ1v) is 3.59. The Balaban J connectivity index is 3.22. The van der Waals surface area contributed by atoms with Crippen LogP contribution in [0.1, 0.15) is 5.56 Å². The summed E-state index contributed by atoms with van der Waals surface area (Å²) in [5.41, 5.74) is -0.310. The number of hydrogen-bond acceptors (Lipinski definition) is 4. The molecule has 0 saturated carbocycles. The van der Waals surface area contributed by atoms with Gasteiger partial charge in [-0.1, -0.05) is 5.16 Å². The first-order chi connectivity index (χ1) is 6.69. The van der Waals surface area contributed by atoms with Crippen LogP contribution in [0.4, 0.5) is 8.78 Å². The van der Waals surface area contributed by atoms with Crippen LogP contribution in [0.25, 0.3) is 0 Å². The van der Waals surface area contributed by atoms with Crippen molar-refractivity contribution in [1.82, 2.24) is 0 Å². The summed E-state index contributed by atoms with van der Waals surface area (Å²) in [5, 5.41) is 14.0. The maximum atomic E-state index is 13.1. The summed E-state index contributed by atoms with van der Waals surface area (Å²) < 4.78 is 25.8. The highest BCUT2D eigenvalue weighted by Gasteiger charge is 2.08. The van der Waals surface area contributed by atoms with E-state index in [-0.39, 0.29) is 11.3 Å². The molecule has 14 heavy (non-hydrogen) atoms. The Bertz CT molecular complexity index is 390. The molecule has 0 aliphatic rings. The van der Waals surface area contributed by atoms with E-state index in [0.717, 1.165) is 24.4 Å². The number of oxime groups is 1. The molecular weight excluding hydrogens is 192 g/mol. The molecular formula is C8H7F2N3O. The van der Waals surface area contributed by atoms with Gasteiger partial charge in [0.2, 0.25) is 0 Å². The summed E-state index contributed by atoms with van der Waals surface area (Å²) in [6.45, 7) is 0. The summed E-state index contributed by atoms with van der Waals surface area (Å²) in [5.74, 6) is 3.58. The number of hydrazone groups is 1. The van der Waals surface area contributed by atoms with Crippen LogP contribution in [0.5, 0.6) is 0 Å². The minimum atomic E-state index is -0.699. The predicted molar refractivity (Wildman–Crippen MR) is 47.4 cm³/mol. The van der Waals surface area contributed by atoms with E-state index in [1.165, 1.54) is 0 Å². The first kappa shape index (κ1) is 10.1. The molecule has 0 radical (unpaired) electrons. The number of hydrogen-bond donors (Lipinski definition) is 2. The average molecular weight is 199 g/mol. The third-order valence-electron chi connectivity index (χ3n) is 1.52. The molecule has 0 saturated heterocycles. The quantitative estimate of drug-likeness (QED) is 0.324. The second-order valence-electron chi connectivity index (χ2n) is 2.38. The lowest BCUT2D eigenvalue weighted by molar-refractivity contribution is 0.322. The second-order valence-corrected chi connectivity index (χ2v) is 2.38. The number of benzene rings is 1. The van der Waals surface area contributed by atoms with Gasteiger partial charge in [-0.05, 0) is 18.2 Å². The minimum Gasteiger partial charge on any atom is -0.411 e.